The molecule has 0 fully saturated rings. The van der Waals surface area contributed by atoms with Crippen molar-refractivity contribution in [3.63, 3.8) is 0 Å². The number of hydrogen-bond acceptors (Lipinski definition) is 4. The third-order valence-corrected chi connectivity index (χ3v) is 4.32. The van der Waals surface area contributed by atoms with Crippen LogP contribution >= 0.6 is 0 Å². The molecule has 0 aliphatic carbocycles. The van der Waals surface area contributed by atoms with Gasteiger partial charge in [0, 0.05) is 17.1 Å². The van der Waals surface area contributed by atoms with Crippen LogP contribution in [0.4, 0.5) is 5.69 Å². The van der Waals surface area contributed by atoms with Gasteiger partial charge in [0.15, 0.2) is 0 Å². The van der Waals surface area contributed by atoms with Gasteiger partial charge in [0.1, 0.15) is 5.58 Å². The Morgan fingerprint density at radius 3 is 2.43 bits per heavy atom. The second-order valence-electron chi connectivity index (χ2n) is 4.43. The molecule has 6 heteroatoms. The largest absolute Gasteiger partial charge is 0.423 e. The lowest BCUT2D eigenvalue weighted by atomic mass is 10.2. The third-order valence-electron chi connectivity index (χ3n) is 2.93. The molecule has 1 aromatic heterocycles. The minimum atomic E-state index is -3.63. The first-order valence-corrected chi connectivity index (χ1v) is 7.65. The summed E-state index contributed by atoms with van der Waals surface area (Å²) in [4.78, 5) is 11.3. The van der Waals surface area contributed by atoms with Gasteiger partial charge >= 0.3 is 5.63 Å². The molecular formula is C15H11NO4S. The van der Waals surface area contributed by atoms with E-state index in [0.717, 1.165) is 0 Å². The molecule has 0 amide bonds. The van der Waals surface area contributed by atoms with Crippen molar-refractivity contribution in [3.05, 3.63) is 71.1 Å². The van der Waals surface area contributed by atoms with Gasteiger partial charge in [0.05, 0.1) is 4.90 Å². The molecular weight excluding hydrogens is 290 g/mol. The standard InChI is InChI=1S/C15H11NO4S/c17-15-9-6-11-10-12(7-8-14(11)20-15)16-21(18,19)13-4-2-1-3-5-13/h1-10,16H. The van der Waals surface area contributed by atoms with Gasteiger partial charge in [-0.15, -0.1) is 0 Å². The van der Waals surface area contributed by atoms with E-state index in [2.05, 4.69) is 4.72 Å². The van der Waals surface area contributed by atoms with E-state index in [1.807, 2.05) is 0 Å². The number of fused-ring (bicyclic) bond motifs is 1. The van der Waals surface area contributed by atoms with Gasteiger partial charge in [-0.1, -0.05) is 18.2 Å². The van der Waals surface area contributed by atoms with Gasteiger partial charge in [-0.25, -0.2) is 13.2 Å². The van der Waals surface area contributed by atoms with Crippen LogP contribution in [0.25, 0.3) is 11.0 Å². The van der Waals surface area contributed by atoms with Crippen molar-refractivity contribution in [2.24, 2.45) is 0 Å². The Balaban J connectivity index is 1.98. The summed E-state index contributed by atoms with van der Waals surface area (Å²) in [6, 6.07) is 15.7. The molecule has 0 aliphatic heterocycles. The molecule has 0 aliphatic rings. The number of benzene rings is 2. The Kier molecular flexibility index (Phi) is 3.23. The lowest BCUT2D eigenvalue weighted by Crippen LogP contribution is -2.12. The minimum Gasteiger partial charge on any atom is -0.423 e. The first-order chi connectivity index (χ1) is 10.0. The summed E-state index contributed by atoms with van der Waals surface area (Å²) in [5.41, 5.74) is 0.366. The molecule has 1 N–H and O–H groups in total. The second-order valence-corrected chi connectivity index (χ2v) is 6.11. The normalized spacial score (nSPS) is 11.4. The van der Waals surface area contributed by atoms with Crippen molar-refractivity contribution in [2.45, 2.75) is 4.90 Å². The van der Waals surface area contributed by atoms with E-state index in [1.165, 1.54) is 18.2 Å². The number of anilines is 1. The van der Waals surface area contributed by atoms with Crippen LogP contribution in [0.1, 0.15) is 0 Å². The van der Waals surface area contributed by atoms with Crippen molar-refractivity contribution in [1.82, 2.24) is 0 Å². The molecule has 0 unspecified atom stereocenters. The molecule has 21 heavy (non-hydrogen) atoms. The molecule has 0 spiro atoms. The topological polar surface area (TPSA) is 76.4 Å². The fourth-order valence-corrected chi connectivity index (χ4v) is 3.02. The first kappa shape index (κ1) is 13.4. The van der Waals surface area contributed by atoms with Crippen molar-refractivity contribution < 1.29 is 12.8 Å². The maximum absolute atomic E-state index is 12.2. The Hall–Kier alpha value is -2.60. The molecule has 3 aromatic rings. The average Bonchev–Trinajstić information content (AvgIpc) is 2.48. The fourth-order valence-electron chi connectivity index (χ4n) is 1.95. The summed E-state index contributed by atoms with van der Waals surface area (Å²) in [6.07, 6.45) is 0. The second kappa shape index (κ2) is 5.06. The molecule has 5 nitrogen and oxygen atoms in total. The molecule has 0 saturated heterocycles. The van der Waals surface area contributed by atoms with Crippen molar-refractivity contribution in [2.75, 3.05) is 4.72 Å². The Labute approximate surface area is 120 Å². The number of nitrogens with one attached hydrogen (secondary N) is 1. The lowest BCUT2D eigenvalue weighted by molar-refractivity contribution is 0.561. The summed E-state index contributed by atoms with van der Waals surface area (Å²) in [5, 5.41) is 0.642. The van der Waals surface area contributed by atoms with Crippen LogP contribution in [-0.4, -0.2) is 8.42 Å². The van der Waals surface area contributed by atoms with E-state index in [-0.39, 0.29) is 4.90 Å². The van der Waals surface area contributed by atoms with Crippen LogP contribution in [0.15, 0.2) is 74.8 Å². The smallest absolute Gasteiger partial charge is 0.336 e. The quantitative estimate of drug-likeness (QED) is 0.754. The monoisotopic (exact) mass is 301 g/mol. The van der Waals surface area contributed by atoms with E-state index < -0.39 is 15.6 Å². The molecule has 3 rings (SSSR count). The van der Waals surface area contributed by atoms with Gasteiger partial charge in [-0.2, -0.15) is 0 Å². The summed E-state index contributed by atoms with van der Waals surface area (Å²) < 4.78 is 31.9. The van der Waals surface area contributed by atoms with Crippen LogP contribution < -0.4 is 10.3 Å². The molecule has 1 heterocycles. The zero-order chi connectivity index (χ0) is 14.9. The van der Waals surface area contributed by atoms with Crippen LogP contribution in [0.5, 0.6) is 0 Å². The molecule has 106 valence electrons. The Bertz CT molecular complexity index is 946. The predicted octanol–water partition coefficient (Wildman–Crippen LogP) is 2.59. The SMILES string of the molecule is O=c1ccc2cc(NS(=O)(=O)c3ccccc3)ccc2o1. The predicted molar refractivity (Wildman–Crippen MR) is 79.7 cm³/mol. The van der Waals surface area contributed by atoms with Crippen LogP contribution in [-0.2, 0) is 10.0 Å². The van der Waals surface area contributed by atoms with Gasteiger partial charge < -0.3 is 4.42 Å². The molecule has 2 aromatic carbocycles. The minimum absolute atomic E-state index is 0.185. The van der Waals surface area contributed by atoms with E-state index in [4.69, 9.17) is 4.42 Å². The van der Waals surface area contributed by atoms with Crippen LogP contribution in [0.3, 0.4) is 0 Å². The van der Waals surface area contributed by atoms with E-state index in [9.17, 15) is 13.2 Å². The Morgan fingerprint density at radius 1 is 0.905 bits per heavy atom. The average molecular weight is 301 g/mol. The van der Waals surface area contributed by atoms with Gasteiger partial charge in [0.2, 0.25) is 0 Å². The zero-order valence-electron chi connectivity index (χ0n) is 10.8. The van der Waals surface area contributed by atoms with Gasteiger partial charge in [-0.05, 0) is 36.4 Å². The summed E-state index contributed by atoms with van der Waals surface area (Å²) >= 11 is 0. The highest BCUT2D eigenvalue weighted by molar-refractivity contribution is 7.92. The zero-order valence-corrected chi connectivity index (χ0v) is 11.6. The van der Waals surface area contributed by atoms with E-state index in [1.54, 1.807) is 42.5 Å². The van der Waals surface area contributed by atoms with Crippen LogP contribution in [0.2, 0.25) is 0 Å². The van der Waals surface area contributed by atoms with Crippen LogP contribution in [0, 0.1) is 0 Å². The molecule has 0 saturated carbocycles. The van der Waals surface area contributed by atoms with Crippen molar-refractivity contribution in [1.29, 1.82) is 0 Å². The number of sulfonamides is 1. The van der Waals surface area contributed by atoms with Crippen molar-refractivity contribution in [3.8, 4) is 0 Å². The first-order valence-electron chi connectivity index (χ1n) is 6.16. The number of rotatable bonds is 3. The fraction of sp³-hybridized carbons (Fsp3) is 0. The summed E-state index contributed by atoms with van der Waals surface area (Å²) in [5.74, 6) is 0. The van der Waals surface area contributed by atoms with Gasteiger partial charge in [-0.3, -0.25) is 4.72 Å². The Morgan fingerprint density at radius 2 is 1.67 bits per heavy atom. The van der Waals surface area contributed by atoms with E-state index >= 15 is 0 Å². The number of hydrogen-bond donors (Lipinski definition) is 1. The summed E-state index contributed by atoms with van der Waals surface area (Å²) in [7, 11) is -3.63. The highest BCUT2D eigenvalue weighted by Crippen LogP contribution is 2.20. The van der Waals surface area contributed by atoms with E-state index in [0.29, 0.717) is 16.7 Å². The highest BCUT2D eigenvalue weighted by atomic mass is 32.2. The van der Waals surface area contributed by atoms with Gasteiger partial charge in [0.25, 0.3) is 10.0 Å². The molecule has 0 atom stereocenters. The molecule has 0 bridgehead atoms. The molecule has 0 radical (unpaired) electrons. The maximum atomic E-state index is 12.2. The lowest BCUT2D eigenvalue weighted by Gasteiger charge is -2.08. The summed E-state index contributed by atoms with van der Waals surface area (Å²) in [6.45, 7) is 0. The highest BCUT2D eigenvalue weighted by Gasteiger charge is 2.13. The third kappa shape index (κ3) is 2.80. The maximum Gasteiger partial charge on any atom is 0.336 e. The van der Waals surface area contributed by atoms with Crippen molar-refractivity contribution >= 4 is 26.7 Å².